The van der Waals surface area contributed by atoms with Gasteiger partial charge in [-0.3, -0.25) is 0 Å². The molecule has 0 aromatic rings. The van der Waals surface area contributed by atoms with Gasteiger partial charge in [-0.25, -0.2) is 0 Å². The second kappa shape index (κ2) is 2.76. The van der Waals surface area contributed by atoms with Crippen LogP contribution in [0.2, 0.25) is 5.54 Å². The van der Waals surface area contributed by atoms with Gasteiger partial charge in [0, 0.05) is 0 Å². The van der Waals surface area contributed by atoms with E-state index >= 15 is 0 Å². The zero-order valence-electron chi connectivity index (χ0n) is 7.05. The molecule has 0 saturated heterocycles. The summed E-state index contributed by atoms with van der Waals surface area (Å²) in [5.41, 5.74) is 2.10. The Morgan fingerprint density at radius 2 is 2.36 bits per heavy atom. The lowest BCUT2D eigenvalue weighted by molar-refractivity contribution is 0.435. The van der Waals surface area contributed by atoms with Crippen LogP contribution in [0, 0.1) is 11.8 Å². The monoisotopic (exact) mass is 167 g/mol. The predicted octanol–water partition coefficient (Wildman–Crippen LogP) is 1.67. The Balaban J connectivity index is 2.21. The summed E-state index contributed by atoms with van der Waals surface area (Å²) >= 11 is 0. The van der Waals surface area contributed by atoms with Crippen molar-refractivity contribution in [1.82, 2.24) is 0 Å². The summed E-state index contributed by atoms with van der Waals surface area (Å²) in [6, 6.07) is 0. The highest BCUT2D eigenvalue weighted by atomic mass is 28.2. The smallest absolute Gasteiger partial charge is 0.214 e. The van der Waals surface area contributed by atoms with Crippen LogP contribution in [0.3, 0.4) is 0 Å². The average Bonchev–Trinajstić information content (AvgIpc) is 2.60. The van der Waals surface area contributed by atoms with Crippen LogP contribution in [0.5, 0.6) is 0 Å². The Morgan fingerprint density at radius 3 is 2.91 bits per heavy atom. The summed E-state index contributed by atoms with van der Waals surface area (Å²) in [5.74, 6) is 1.65. The van der Waals surface area contributed by atoms with E-state index in [0.29, 0.717) is 5.54 Å². The van der Waals surface area contributed by atoms with Gasteiger partial charge in [-0.2, -0.15) is 0 Å². The van der Waals surface area contributed by atoms with Gasteiger partial charge in [-0.1, -0.05) is 11.6 Å². The van der Waals surface area contributed by atoms with Gasteiger partial charge in [0.15, 0.2) is 0 Å². The Hall–Kier alpha value is -0.0831. The molecule has 0 amide bonds. The van der Waals surface area contributed by atoms with E-state index in [1.165, 1.54) is 19.3 Å². The minimum atomic E-state index is -1.01. The van der Waals surface area contributed by atoms with Crippen molar-refractivity contribution < 1.29 is 4.80 Å². The van der Waals surface area contributed by atoms with Gasteiger partial charge >= 0.3 is 0 Å². The van der Waals surface area contributed by atoms with Crippen LogP contribution < -0.4 is 0 Å². The molecule has 11 heavy (non-hydrogen) atoms. The summed E-state index contributed by atoms with van der Waals surface area (Å²) in [6.07, 6.45) is 6.29. The zero-order valence-corrected chi connectivity index (χ0v) is 8.46. The number of allylic oxidation sites excluding steroid dienone is 2. The molecule has 0 spiro atoms. The fraction of sp³-hybridized carbons (Fsp3) is 0.778. The lowest BCUT2D eigenvalue weighted by Gasteiger charge is -2.21. The van der Waals surface area contributed by atoms with Crippen molar-refractivity contribution in [3.63, 3.8) is 0 Å². The summed E-state index contributed by atoms with van der Waals surface area (Å²) in [4.78, 5) is 11.0. The zero-order chi connectivity index (χ0) is 7.84. The van der Waals surface area contributed by atoms with Gasteiger partial charge in [0.05, 0.1) is 0 Å². The molecule has 0 aromatic carbocycles. The third-order valence-corrected chi connectivity index (χ3v) is 4.95. The average molecular weight is 167 g/mol. The highest BCUT2D eigenvalue weighted by Crippen LogP contribution is 2.54. The molecule has 0 N–H and O–H groups in total. The number of hydrogen-bond acceptors (Lipinski definition) is 0. The van der Waals surface area contributed by atoms with Crippen LogP contribution >= 0.6 is 0 Å². The van der Waals surface area contributed by atoms with E-state index in [2.05, 4.69) is 13.0 Å². The molecule has 3 atom stereocenters. The SMILES string of the molecule is CC=C1C2CCC(C2)C1[SiH2][O]. The standard InChI is InChI=1S/C9H15OSi/c1-2-8-6-3-4-7(5-6)9(8)11-10/h2,6-7,9H,3-5,11H2,1H3. The second-order valence-electron chi connectivity index (χ2n) is 3.83. The van der Waals surface area contributed by atoms with Crippen LogP contribution in [-0.2, 0) is 4.80 Å². The van der Waals surface area contributed by atoms with Gasteiger partial charge in [0.1, 0.15) is 0 Å². The predicted molar refractivity (Wildman–Crippen MR) is 47.6 cm³/mol. The largest absolute Gasteiger partial charge is 0.306 e. The van der Waals surface area contributed by atoms with Crippen molar-refractivity contribution in [3.05, 3.63) is 11.6 Å². The van der Waals surface area contributed by atoms with E-state index in [-0.39, 0.29) is 0 Å². The number of fused-ring (bicyclic) bond motifs is 2. The Bertz CT molecular complexity index is 188. The Kier molecular flexibility index (Phi) is 1.89. The molecular formula is C9H15OSi. The van der Waals surface area contributed by atoms with Crippen LogP contribution in [0.4, 0.5) is 0 Å². The minimum Gasteiger partial charge on any atom is -0.306 e. The van der Waals surface area contributed by atoms with E-state index in [1.54, 1.807) is 5.57 Å². The summed E-state index contributed by atoms with van der Waals surface area (Å²) in [7, 11) is -1.01. The molecule has 2 saturated carbocycles. The van der Waals surface area contributed by atoms with Crippen LogP contribution in [0.1, 0.15) is 26.2 Å². The first-order chi connectivity index (χ1) is 5.36. The molecule has 0 heterocycles. The van der Waals surface area contributed by atoms with Crippen molar-refractivity contribution in [2.75, 3.05) is 0 Å². The maximum absolute atomic E-state index is 11.0. The summed E-state index contributed by atoms with van der Waals surface area (Å²) in [5, 5.41) is 0. The first kappa shape index (κ1) is 7.56. The maximum atomic E-state index is 11.0. The minimum absolute atomic E-state index is 0.554. The van der Waals surface area contributed by atoms with E-state index in [4.69, 9.17) is 0 Å². The molecule has 2 aliphatic carbocycles. The molecule has 2 bridgehead atoms. The van der Waals surface area contributed by atoms with Crippen LogP contribution in [0.25, 0.3) is 0 Å². The number of hydrogen-bond donors (Lipinski definition) is 0. The summed E-state index contributed by atoms with van der Waals surface area (Å²) < 4.78 is 0. The fourth-order valence-electron chi connectivity index (χ4n) is 2.94. The van der Waals surface area contributed by atoms with E-state index in [9.17, 15) is 4.80 Å². The Labute approximate surface area is 70.4 Å². The first-order valence-electron chi connectivity index (χ1n) is 4.61. The summed E-state index contributed by atoms with van der Waals surface area (Å²) in [6.45, 7) is 2.10. The van der Waals surface area contributed by atoms with Gasteiger partial charge in [0.25, 0.3) is 0 Å². The molecule has 0 aromatic heterocycles. The van der Waals surface area contributed by atoms with Crippen molar-refractivity contribution in [2.24, 2.45) is 11.8 Å². The normalized spacial score (nSPS) is 46.7. The van der Waals surface area contributed by atoms with Crippen molar-refractivity contribution >= 4 is 9.76 Å². The topological polar surface area (TPSA) is 19.9 Å². The Morgan fingerprint density at radius 1 is 1.55 bits per heavy atom. The molecule has 61 valence electrons. The van der Waals surface area contributed by atoms with E-state index in [0.717, 1.165) is 11.8 Å². The van der Waals surface area contributed by atoms with Crippen molar-refractivity contribution in [1.29, 1.82) is 0 Å². The maximum Gasteiger partial charge on any atom is 0.214 e. The molecule has 3 unspecified atom stereocenters. The highest BCUT2D eigenvalue weighted by molar-refractivity contribution is 6.29. The molecule has 0 aliphatic heterocycles. The first-order valence-corrected chi connectivity index (χ1v) is 6.00. The number of rotatable bonds is 1. The quantitative estimate of drug-likeness (QED) is 0.418. The lowest BCUT2D eigenvalue weighted by atomic mass is 9.94. The van der Waals surface area contributed by atoms with Gasteiger partial charge in [-0.15, -0.1) is 0 Å². The molecular weight excluding hydrogens is 152 g/mol. The molecule has 2 fully saturated rings. The van der Waals surface area contributed by atoms with Crippen LogP contribution in [0.15, 0.2) is 11.6 Å². The second-order valence-corrected chi connectivity index (χ2v) is 5.04. The highest BCUT2D eigenvalue weighted by Gasteiger charge is 2.42. The lowest BCUT2D eigenvalue weighted by Crippen LogP contribution is -2.13. The van der Waals surface area contributed by atoms with Gasteiger partial charge < -0.3 is 4.80 Å². The third-order valence-electron chi connectivity index (χ3n) is 3.45. The van der Waals surface area contributed by atoms with Gasteiger partial charge in [0.2, 0.25) is 9.76 Å². The molecule has 2 heteroatoms. The third kappa shape index (κ3) is 1.00. The van der Waals surface area contributed by atoms with Crippen molar-refractivity contribution in [2.45, 2.75) is 31.7 Å². The van der Waals surface area contributed by atoms with Gasteiger partial charge in [-0.05, 0) is 43.6 Å². The molecule has 2 aliphatic rings. The fourth-order valence-corrected chi connectivity index (χ4v) is 4.40. The molecule has 2 rings (SSSR count). The van der Waals surface area contributed by atoms with E-state index in [1.807, 2.05) is 0 Å². The molecule has 1 radical (unpaired) electrons. The van der Waals surface area contributed by atoms with Crippen molar-refractivity contribution in [3.8, 4) is 0 Å². The van der Waals surface area contributed by atoms with E-state index < -0.39 is 9.76 Å². The van der Waals surface area contributed by atoms with Crippen LogP contribution in [-0.4, -0.2) is 9.76 Å². The molecule has 1 nitrogen and oxygen atoms in total.